The predicted octanol–water partition coefficient (Wildman–Crippen LogP) is 5.07. The van der Waals surface area contributed by atoms with Gasteiger partial charge in [0.1, 0.15) is 0 Å². The van der Waals surface area contributed by atoms with Crippen molar-refractivity contribution in [3.8, 4) is 0 Å². The third kappa shape index (κ3) is 2.48. The second-order valence-corrected chi connectivity index (χ2v) is 5.43. The van der Waals surface area contributed by atoms with Gasteiger partial charge in [-0.2, -0.15) is 0 Å². The van der Waals surface area contributed by atoms with Crippen molar-refractivity contribution in [3.63, 3.8) is 0 Å². The molecule has 0 nitrogen and oxygen atoms in total. The van der Waals surface area contributed by atoms with Gasteiger partial charge < -0.3 is 0 Å². The molecule has 0 aliphatic rings. The molecule has 0 aliphatic carbocycles. The Kier molecular flexibility index (Phi) is 3.56. The van der Waals surface area contributed by atoms with Gasteiger partial charge in [0.15, 0.2) is 0 Å². The Bertz CT molecular complexity index is 564. The summed E-state index contributed by atoms with van der Waals surface area (Å²) >= 11 is 0. The molecule has 2 aromatic carbocycles. The Labute approximate surface area is 111 Å². The molecule has 0 amide bonds. The molecule has 0 N–H and O–H groups in total. The van der Waals surface area contributed by atoms with Crippen molar-refractivity contribution in [2.45, 2.75) is 40.5 Å². The van der Waals surface area contributed by atoms with Crippen LogP contribution in [0.5, 0.6) is 0 Å². The summed E-state index contributed by atoms with van der Waals surface area (Å²) in [6.45, 7) is 11.0. The van der Waals surface area contributed by atoms with Crippen LogP contribution in [0.1, 0.15) is 46.2 Å². The molecule has 1 atom stereocenters. The zero-order chi connectivity index (χ0) is 13.3. The predicted molar refractivity (Wildman–Crippen MR) is 79.3 cm³/mol. The van der Waals surface area contributed by atoms with E-state index in [1.807, 2.05) is 0 Å². The number of aryl methyl sites for hydroxylation is 4. The Hall–Kier alpha value is -1.56. The molecule has 0 bridgehead atoms. The molecule has 0 spiro atoms. The highest BCUT2D eigenvalue weighted by Gasteiger charge is 2.11. The summed E-state index contributed by atoms with van der Waals surface area (Å²) in [5, 5.41) is 0. The molecular formula is C18H22. The maximum atomic E-state index is 2.32. The molecular weight excluding hydrogens is 216 g/mol. The topological polar surface area (TPSA) is 0 Å². The molecule has 0 saturated carbocycles. The first-order valence-corrected chi connectivity index (χ1v) is 6.63. The summed E-state index contributed by atoms with van der Waals surface area (Å²) in [7, 11) is 0. The molecule has 18 heavy (non-hydrogen) atoms. The number of hydrogen-bond donors (Lipinski definition) is 0. The van der Waals surface area contributed by atoms with Crippen LogP contribution in [-0.4, -0.2) is 0 Å². The Morgan fingerprint density at radius 1 is 0.722 bits per heavy atom. The number of benzene rings is 2. The van der Waals surface area contributed by atoms with Crippen molar-refractivity contribution in [3.05, 3.63) is 69.8 Å². The van der Waals surface area contributed by atoms with Crippen LogP contribution >= 0.6 is 0 Å². The molecule has 0 fully saturated rings. The van der Waals surface area contributed by atoms with Crippen LogP contribution in [0.25, 0.3) is 0 Å². The number of rotatable bonds is 2. The van der Waals surface area contributed by atoms with Crippen molar-refractivity contribution in [2.24, 2.45) is 0 Å². The van der Waals surface area contributed by atoms with Crippen LogP contribution in [0.3, 0.4) is 0 Å². The Morgan fingerprint density at radius 3 is 2.06 bits per heavy atom. The van der Waals surface area contributed by atoms with Crippen LogP contribution in [0.4, 0.5) is 0 Å². The van der Waals surface area contributed by atoms with E-state index in [0.717, 1.165) is 0 Å². The van der Waals surface area contributed by atoms with Gasteiger partial charge in [0.2, 0.25) is 0 Å². The molecule has 1 unspecified atom stereocenters. The maximum Gasteiger partial charge on any atom is 0.00637 e. The first-order chi connectivity index (χ1) is 8.49. The lowest BCUT2D eigenvalue weighted by Gasteiger charge is -2.17. The SMILES string of the molecule is Cc1ccc(C(C)c2ccc(C)c(C)c2)c(C)c1. The van der Waals surface area contributed by atoms with Gasteiger partial charge in [0, 0.05) is 5.92 Å². The zero-order valence-electron chi connectivity index (χ0n) is 12.0. The van der Waals surface area contributed by atoms with Crippen LogP contribution < -0.4 is 0 Å². The van der Waals surface area contributed by atoms with Crippen LogP contribution in [0, 0.1) is 27.7 Å². The fourth-order valence-electron chi connectivity index (χ4n) is 2.52. The molecule has 0 aromatic heterocycles. The molecule has 94 valence electrons. The van der Waals surface area contributed by atoms with E-state index in [-0.39, 0.29) is 0 Å². The average Bonchev–Trinajstić information content (AvgIpc) is 2.32. The monoisotopic (exact) mass is 238 g/mol. The molecule has 0 heteroatoms. The van der Waals surface area contributed by atoms with Gasteiger partial charge in [0.25, 0.3) is 0 Å². The molecule has 0 saturated heterocycles. The normalized spacial score (nSPS) is 12.5. The lowest BCUT2D eigenvalue weighted by Crippen LogP contribution is -2.00. The van der Waals surface area contributed by atoms with Gasteiger partial charge in [0.05, 0.1) is 0 Å². The summed E-state index contributed by atoms with van der Waals surface area (Å²) in [5.74, 6) is 0.463. The Morgan fingerprint density at radius 2 is 1.44 bits per heavy atom. The summed E-state index contributed by atoms with van der Waals surface area (Å²) in [6.07, 6.45) is 0. The van der Waals surface area contributed by atoms with E-state index in [9.17, 15) is 0 Å². The fraction of sp³-hybridized carbons (Fsp3) is 0.333. The molecule has 0 aliphatic heterocycles. The average molecular weight is 238 g/mol. The van der Waals surface area contributed by atoms with Gasteiger partial charge >= 0.3 is 0 Å². The zero-order valence-corrected chi connectivity index (χ0v) is 12.0. The fourth-order valence-corrected chi connectivity index (χ4v) is 2.52. The van der Waals surface area contributed by atoms with Crippen LogP contribution in [0.2, 0.25) is 0 Å². The van der Waals surface area contributed by atoms with Gasteiger partial charge in [-0.25, -0.2) is 0 Å². The van der Waals surface area contributed by atoms with E-state index in [4.69, 9.17) is 0 Å². The van der Waals surface area contributed by atoms with E-state index >= 15 is 0 Å². The first kappa shape index (κ1) is 12.9. The second kappa shape index (κ2) is 4.97. The van der Waals surface area contributed by atoms with Gasteiger partial charge in [-0.3, -0.25) is 0 Å². The highest BCUT2D eigenvalue weighted by molar-refractivity contribution is 5.41. The van der Waals surface area contributed by atoms with E-state index in [1.165, 1.54) is 33.4 Å². The van der Waals surface area contributed by atoms with Crippen molar-refractivity contribution < 1.29 is 0 Å². The van der Waals surface area contributed by atoms with Gasteiger partial charge in [-0.1, -0.05) is 48.9 Å². The lowest BCUT2D eigenvalue weighted by molar-refractivity contribution is 0.905. The van der Waals surface area contributed by atoms with E-state index in [2.05, 4.69) is 71.0 Å². The smallest absolute Gasteiger partial charge is 0.00637 e. The maximum absolute atomic E-state index is 2.32. The first-order valence-electron chi connectivity index (χ1n) is 6.63. The minimum atomic E-state index is 0.463. The summed E-state index contributed by atoms with van der Waals surface area (Å²) in [4.78, 5) is 0. The Balaban J connectivity index is 2.41. The van der Waals surface area contributed by atoms with E-state index in [0.29, 0.717) is 5.92 Å². The lowest BCUT2D eigenvalue weighted by atomic mass is 9.88. The van der Waals surface area contributed by atoms with Gasteiger partial charge in [-0.05, 0) is 55.5 Å². The third-order valence-electron chi connectivity index (χ3n) is 3.92. The third-order valence-corrected chi connectivity index (χ3v) is 3.92. The molecule has 2 rings (SSSR count). The van der Waals surface area contributed by atoms with Crippen molar-refractivity contribution in [1.82, 2.24) is 0 Å². The van der Waals surface area contributed by atoms with Crippen molar-refractivity contribution >= 4 is 0 Å². The molecule has 0 heterocycles. The highest BCUT2D eigenvalue weighted by atomic mass is 14.2. The minimum Gasteiger partial charge on any atom is -0.0590 e. The quantitative estimate of drug-likeness (QED) is 0.685. The van der Waals surface area contributed by atoms with Crippen molar-refractivity contribution in [2.75, 3.05) is 0 Å². The summed E-state index contributed by atoms with van der Waals surface area (Å²) < 4.78 is 0. The van der Waals surface area contributed by atoms with E-state index in [1.54, 1.807) is 0 Å². The number of hydrogen-bond acceptors (Lipinski definition) is 0. The highest BCUT2D eigenvalue weighted by Crippen LogP contribution is 2.28. The van der Waals surface area contributed by atoms with E-state index < -0.39 is 0 Å². The summed E-state index contributed by atoms with van der Waals surface area (Å²) in [5.41, 5.74) is 8.31. The standard InChI is InChI=1S/C18H22/c1-12-6-9-18(15(4)10-12)16(5)17-8-7-13(2)14(3)11-17/h6-11,16H,1-5H3. The van der Waals surface area contributed by atoms with Crippen LogP contribution in [-0.2, 0) is 0 Å². The minimum absolute atomic E-state index is 0.463. The van der Waals surface area contributed by atoms with Gasteiger partial charge in [-0.15, -0.1) is 0 Å². The molecule has 0 radical (unpaired) electrons. The van der Waals surface area contributed by atoms with Crippen molar-refractivity contribution in [1.29, 1.82) is 0 Å². The molecule has 2 aromatic rings. The largest absolute Gasteiger partial charge is 0.0590 e. The second-order valence-electron chi connectivity index (χ2n) is 5.43. The summed E-state index contributed by atoms with van der Waals surface area (Å²) in [6, 6.07) is 13.5. The van der Waals surface area contributed by atoms with Crippen LogP contribution in [0.15, 0.2) is 36.4 Å².